The molecule has 0 aliphatic heterocycles. The molecule has 1 fully saturated rings. The van der Waals surface area contributed by atoms with E-state index in [9.17, 15) is 9.59 Å². The molecule has 17 heavy (non-hydrogen) atoms. The van der Waals surface area contributed by atoms with Gasteiger partial charge in [-0.1, -0.05) is 30.3 Å². The number of carbonyl (C=O) groups excluding carboxylic acids is 1. The highest BCUT2D eigenvalue weighted by molar-refractivity contribution is 6.03. The Kier molecular flexibility index (Phi) is 2.85. The maximum absolute atomic E-state index is 11.7. The fourth-order valence-corrected chi connectivity index (χ4v) is 1.71. The Morgan fingerprint density at radius 3 is 2.47 bits per heavy atom. The number of carbonyl (C=O) groups is 2. The molecule has 1 aromatic carbocycles. The summed E-state index contributed by atoms with van der Waals surface area (Å²) in [6, 6.07) is 8.45. The van der Waals surface area contributed by atoms with Crippen molar-refractivity contribution < 1.29 is 19.4 Å². The average molecular weight is 235 g/mol. The van der Waals surface area contributed by atoms with Crippen molar-refractivity contribution in [2.24, 2.45) is 11.1 Å². The van der Waals surface area contributed by atoms with Crippen LogP contribution in [0, 0.1) is 5.41 Å². The van der Waals surface area contributed by atoms with Gasteiger partial charge in [0.25, 0.3) is 0 Å². The zero-order valence-corrected chi connectivity index (χ0v) is 9.13. The van der Waals surface area contributed by atoms with Crippen molar-refractivity contribution in [3.05, 3.63) is 35.9 Å². The Labute approximate surface area is 98.2 Å². The Balaban J connectivity index is 1.97. The molecule has 2 unspecified atom stereocenters. The second-order valence-corrected chi connectivity index (χ2v) is 4.15. The van der Waals surface area contributed by atoms with Crippen LogP contribution in [0.3, 0.4) is 0 Å². The monoisotopic (exact) mass is 235 g/mol. The number of ether oxygens (including phenoxy) is 1. The lowest BCUT2D eigenvalue weighted by molar-refractivity contribution is -0.162. The predicted octanol–water partition coefficient (Wildman–Crippen LogP) is 0.532. The number of aliphatic carboxylic acids is 1. The molecule has 0 aromatic heterocycles. The zero-order chi connectivity index (χ0) is 12.5. The molecular formula is C12H13NO4. The van der Waals surface area contributed by atoms with Gasteiger partial charge in [-0.3, -0.25) is 9.59 Å². The van der Waals surface area contributed by atoms with Gasteiger partial charge in [0.1, 0.15) is 6.61 Å². The van der Waals surface area contributed by atoms with Crippen LogP contribution in [0.15, 0.2) is 30.3 Å². The van der Waals surface area contributed by atoms with Gasteiger partial charge in [0, 0.05) is 6.04 Å². The second kappa shape index (κ2) is 4.18. The first-order valence-corrected chi connectivity index (χ1v) is 5.27. The third-order valence-electron chi connectivity index (χ3n) is 2.97. The van der Waals surface area contributed by atoms with Crippen LogP contribution in [0.5, 0.6) is 0 Å². The van der Waals surface area contributed by atoms with Gasteiger partial charge in [-0.25, -0.2) is 0 Å². The fourth-order valence-electron chi connectivity index (χ4n) is 1.71. The minimum atomic E-state index is -1.52. The largest absolute Gasteiger partial charge is 0.480 e. The second-order valence-electron chi connectivity index (χ2n) is 4.15. The van der Waals surface area contributed by atoms with Crippen LogP contribution in [-0.4, -0.2) is 23.1 Å². The number of hydrogen-bond donors (Lipinski definition) is 2. The van der Waals surface area contributed by atoms with Crippen molar-refractivity contribution in [2.75, 3.05) is 0 Å². The summed E-state index contributed by atoms with van der Waals surface area (Å²) >= 11 is 0. The highest BCUT2D eigenvalue weighted by Gasteiger charge is 2.66. The molecule has 0 amide bonds. The standard InChI is InChI=1S/C12H13NO4/c13-9-6-12(9,10(14)15)11(16)17-7-8-4-2-1-3-5-8/h1-5,9H,6-7,13H2,(H,14,15). The van der Waals surface area contributed by atoms with Crippen molar-refractivity contribution in [3.63, 3.8) is 0 Å². The summed E-state index contributed by atoms with van der Waals surface area (Å²) in [5.41, 5.74) is 4.79. The molecule has 5 heteroatoms. The molecule has 5 nitrogen and oxygen atoms in total. The molecule has 0 heterocycles. The summed E-state index contributed by atoms with van der Waals surface area (Å²) < 4.78 is 4.99. The van der Waals surface area contributed by atoms with Crippen molar-refractivity contribution in [1.82, 2.24) is 0 Å². The number of hydrogen-bond acceptors (Lipinski definition) is 4. The van der Waals surface area contributed by atoms with E-state index in [2.05, 4.69) is 0 Å². The van der Waals surface area contributed by atoms with Crippen LogP contribution in [-0.2, 0) is 20.9 Å². The molecule has 0 spiro atoms. The van der Waals surface area contributed by atoms with E-state index in [4.69, 9.17) is 15.6 Å². The topological polar surface area (TPSA) is 89.6 Å². The third kappa shape index (κ3) is 2.01. The van der Waals surface area contributed by atoms with E-state index in [1.807, 2.05) is 18.2 Å². The molecule has 0 radical (unpaired) electrons. The lowest BCUT2D eigenvalue weighted by Gasteiger charge is -2.10. The minimum Gasteiger partial charge on any atom is -0.480 e. The van der Waals surface area contributed by atoms with Gasteiger partial charge in [-0.15, -0.1) is 0 Å². The number of carboxylic acid groups (broad SMARTS) is 1. The first-order valence-electron chi connectivity index (χ1n) is 5.27. The van der Waals surface area contributed by atoms with Crippen LogP contribution in [0.2, 0.25) is 0 Å². The normalized spacial score (nSPS) is 26.3. The summed E-state index contributed by atoms with van der Waals surface area (Å²) in [6.45, 7) is 0.0709. The Bertz CT molecular complexity index is 445. The van der Waals surface area contributed by atoms with E-state index in [-0.39, 0.29) is 13.0 Å². The van der Waals surface area contributed by atoms with Gasteiger partial charge in [0.15, 0.2) is 5.41 Å². The van der Waals surface area contributed by atoms with Crippen LogP contribution < -0.4 is 5.73 Å². The average Bonchev–Trinajstić information content (AvgIpc) is 3.01. The van der Waals surface area contributed by atoms with Crippen molar-refractivity contribution >= 4 is 11.9 Å². The molecule has 0 bridgehead atoms. The van der Waals surface area contributed by atoms with Gasteiger partial charge >= 0.3 is 11.9 Å². The van der Waals surface area contributed by atoms with Gasteiger partial charge in [0.2, 0.25) is 0 Å². The molecule has 1 aliphatic carbocycles. The lowest BCUT2D eigenvalue weighted by atomic mass is 10.1. The zero-order valence-electron chi connectivity index (χ0n) is 9.13. The maximum Gasteiger partial charge on any atom is 0.325 e. The molecule has 2 atom stereocenters. The number of nitrogens with two attached hydrogens (primary N) is 1. The van der Waals surface area contributed by atoms with Gasteiger partial charge < -0.3 is 15.6 Å². The quantitative estimate of drug-likeness (QED) is 0.587. The summed E-state index contributed by atoms with van der Waals surface area (Å²) in [6.07, 6.45) is 0.149. The Hall–Kier alpha value is -1.88. The van der Waals surface area contributed by atoms with Crippen LogP contribution in [0.4, 0.5) is 0 Å². The third-order valence-corrected chi connectivity index (χ3v) is 2.97. The van der Waals surface area contributed by atoms with Crippen molar-refractivity contribution in [2.45, 2.75) is 19.1 Å². The van der Waals surface area contributed by atoms with E-state index in [1.54, 1.807) is 12.1 Å². The summed E-state index contributed by atoms with van der Waals surface area (Å²) in [7, 11) is 0. The summed E-state index contributed by atoms with van der Waals surface area (Å²) in [5.74, 6) is -1.95. The summed E-state index contributed by atoms with van der Waals surface area (Å²) in [5, 5.41) is 8.96. The van der Waals surface area contributed by atoms with Crippen LogP contribution in [0.1, 0.15) is 12.0 Å². The smallest absolute Gasteiger partial charge is 0.325 e. The van der Waals surface area contributed by atoms with E-state index in [0.717, 1.165) is 5.56 Å². The molecular weight excluding hydrogens is 222 g/mol. The van der Waals surface area contributed by atoms with Crippen molar-refractivity contribution in [3.8, 4) is 0 Å². The molecule has 1 aromatic rings. The highest BCUT2D eigenvalue weighted by atomic mass is 16.5. The number of carboxylic acids is 1. The fraction of sp³-hybridized carbons (Fsp3) is 0.333. The number of rotatable bonds is 4. The first kappa shape index (κ1) is 11.6. The SMILES string of the molecule is NC1CC1(C(=O)O)C(=O)OCc1ccccc1. The van der Waals surface area contributed by atoms with E-state index in [0.29, 0.717) is 0 Å². The van der Waals surface area contributed by atoms with E-state index < -0.39 is 23.4 Å². The molecule has 1 aliphatic rings. The van der Waals surface area contributed by atoms with Crippen LogP contribution >= 0.6 is 0 Å². The summed E-state index contributed by atoms with van der Waals surface area (Å²) in [4.78, 5) is 22.6. The molecule has 90 valence electrons. The van der Waals surface area contributed by atoms with E-state index >= 15 is 0 Å². The van der Waals surface area contributed by atoms with E-state index in [1.165, 1.54) is 0 Å². The maximum atomic E-state index is 11.7. The van der Waals surface area contributed by atoms with Gasteiger partial charge in [-0.05, 0) is 12.0 Å². The Morgan fingerprint density at radius 1 is 1.41 bits per heavy atom. The molecule has 0 saturated heterocycles. The molecule has 3 N–H and O–H groups in total. The minimum absolute atomic E-state index is 0.0709. The molecule has 2 rings (SSSR count). The lowest BCUT2D eigenvalue weighted by Crippen LogP contribution is -2.33. The Morgan fingerprint density at radius 2 is 2.00 bits per heavy atom. The van der Waals surface area contributed by atoms with Crippen molar-refractivity contribution in [1.29, 1.82) is 0 Å². The number of benzene rings is 1. The van der Waals surface area contributed by atoms with Gasteiger partial charge in [0.05, 0.1) is 0 Å². The highest BCUT2D eigenvalue weighted by Crippen LogP contribution is 2.45. The van der Waals surface area contributed by atoms with Gasteiger partial charge in [-0.2, -0.15) is 0 Å². The first-order chi connectivity index (χ1) is 8.07. The molecule has 1 saturated carbocycles. The van der Waals surface area contributed by atoms with Crippen LogP contribution in [0.25, 0.3) is 0 Å². The predicted molar refractivity (Wildman–Crippen MR) is 58.9 cm³/mol. The number of esters is 1.